The molecular formula is C14H20N2O3. The molecule has 1 saturated carbocycles. The Hall–Kier alpha value is -1.75. The quantitative estimate of drug-likeness (QED) is 0.788. The largest absolute Gasteiger partial charge is 0.493 e. The molecule has 0 saturated heterocycles. The van der Waals surface area contributed by atoms with Crippen molar-refractivity contribution in [1.29, 1.82) is 0 Å². The number of nitrogens with one attached hydrogen (secondary N) is 2. The predicted octanol–water partition coefficient (Wildman–Crippen LogP) is 1.78. The van der Waals surface area contributed by atoms with Gasteiger partial charge in [-0.25, -0.2) is 0 Å². The van der Waals surface area contributed by atoms with Crippen LogP contribution in [0.25, 0.3) is 0 Å². The van der Waals surface area contributed by atoms with Crippen LogP contribution in [0.2, 0.25) is 0 Å². The molecule has 0 radical (unpaired) electrons. The fourth-order valence-electron chi connectivity index (χ4n) is 1.81. The third-order valence-electron chi connectivity index (χ3n) is 3.03. The molecule has 2 rings (SSSR count). The van der Waals surface area contributed by atoms with Gasteiger partial charge in [0.2, 0.25) is 5.91 Å². The van der Waals surface area contributed by atoms with Crippen LogP contribution in [0.5, 0.6) is 11.5 Å². The average molecular weight is 264 g/mol. The Balaban J connectivity index is 1.84. The Kier molecular flexibility index (Phi) is 4.63. The van der Waals surface area contributed by atoms with Crippen molar-refractivity contribution >= 4 is 11.6 Å². The zero-order valence-corrected chi connectivity index (χ0v) is 11.4. The second kappa shape index (κ2) is 6.43. The maximum Gasteiger partial charge on any atom is 0.225 e. The Bertz CT molecular complexity index is 444. The highest BCUT2D eigenvalue weighted by Crippen LogP contribution is 2.29. The van der Waals surface area contributed by atoms with Crippen LogP contribution in [0.3, 0.4) is 0 Å². The van der Waals surface area contributed by atoms with Gasteiger partial charge in [0.25, 0.3) is 0 Å². The zero-order chi connectivity index (χ0) is 13.7. The standard InChI is InChI=1S/C14H20N2O3/c1-18-12-6-5-11(9-13(12)19-2)16-14(17)7-8-15-10-3-4-10/h5-6,9-10,15H,3-4,7-8H2,1-2H3,(H,16,17). The number of hydrogen-bond acceptors (Lipinski definition) is 4. The number of benzene rings is 1. The van der Waals surface area contributed by atoms with Gasteiger partial charge in [0.1, 0.15) is 0 Å². The topological polar surface area (TPSA) is 59.6 Å². The number of carbonyl (C=O) groups is 1. The van der Waals surface area contributed by atoms with E-state index in [0.29, 0.717) is 29.6 Å². The van der Waals surface area contributed by atoms with Gasteiger partial charge in [0.05, 0.1) is 14.2 Å². The monoisotopic (exact) mass is 264 g/mol. The van der Waals surface area contributed by atoms with Crippen molar-refractivity contribution in [2.75, 3.05) is 26.1 Å². The number of rotatable bonds is 7. The summed E-state index contributed by atoms with van der Waals surface area (Å²) in [6, 6.07) is 5.96. The third kappa shape index (κ3) is 4.13. The first-order valence-corrected chi connectivity index (χ1v) is 6.48. The van der Waals surface area contributed by atoms with E-state index in [4.69, 9.17) is 9.47 Å². The van der Waals surface area contributed by atoms with Crippen LogP contribution in [0.4, 0.5) is 5.69 Å². The lowest BCUT2D eigenvalue weighted by atomic mass is 10.2. The molecule has 19 heavy (non-hydrogen) atoms. The molecule has 5 heteroatoms. The van der Waals surface area contributed by atoms with E-state index in [1.54, 1.807) is 32.4 Å². The Morgan fingerprint density at radius 1 is 1.26 bits per heavy atom. The van der Waals surface area contributed by atoms with Crippen molar-refractivity contribution in [3.05, 3.63) is 18.2 Å². The number of anilines is 1. The molecule has 1 amide bonds. The molecule has 5 nitrogen and oxygen atoms in total. The first-order valence-electron chi connectivity index (χ1n) is 6.48. The highest BCUT2D eigenvalue weighted by molar-refractivity contribution is 5.91. The molecule has 1 aliphatic rings. The van der Waals surface area contributed by atoms with E-state index in [-0.39, 0.29) is 5.91 Å². The normalized spacial score (nSPS) is 14.0. The molecular weight excluding hydrogens is 244 g/mol. The van der Waals surface area contributed by atoms with Crippen molar-refractivity contribution in [1.82, 2.24) is 5.32 Å². The van der Waals surface area contributed by atoms with Crippen LogP contribution in [0.15, 0.2) is 18.2 Å². The molecule has 1 aromatic rings. The summed E-state index contributed by atoms with van der Waals surface area (Å²) in [5.41, 5.74) is 0.717. The maximum absolute atomic E-state index is 11.7. The molecule has 0 aliphatic heterocycles. The molecule has 2 N–H and O–H groups in total. The summed E-state index contributed by atoms with van der Waals surface area (Å²) in [6.07, 6.45) is 2.94. The van der Waals surface area contributed by atoms with Crippen molar-refractivity contribution in [2.24, 2.45) is 0 Å². The van der Waals surface area contributed by atoms with Crippen LogP contribution >= 0.6 is 0 Å². The van der Waals surface area contributed by atoms with Gasteiger partial charge < -0.3 is 20.1 Å². The van der Waals surface area contributed by atoms with Gasteiger partial charge in [-0.05, 0) is 25.0 Å². The summed E-state index contributed by atoms with van der Waals surface area (Å²) in [5.74, 6) is 1.26. The van der Waals surface area contributed by atoms with Gasteiger partial charge in [0, 0.05) is 30.8 Å². The highest BCUT2D eigenvalue weighted by atomic mass is 16.5. The summed E-state index contributed by atoms with van der Waals surface area (Å²) in [7, 11) is 3.16. The van der Waals surface area contributed by atoms with E-state index >= 15 is 0 Å². The van der Waals surface area contributed by atoms with E-state index in [9.17, 15) is 4.79 Å². The molecule has 0 unspecified atom stereocenters. The van der Waals surface area contributed by atoms with E-state index in [1.165, 1.54) is 12.8 Å². The van der Waals surface area contributed by atoms with E-state index in [1.807, 2.05) is 0 Å². The number of carbonyl (C=O) groups excluding carboxylic acids is 1. The molecule has 0 atom stereocenters. The van der Waals surface area contributed by atoms with E-state index in [0.717, 1.165) is 6.54 Å². The minimum atomic E-state index is 0.000342. The molecule has 0 spiro atoms. The van der Waals surface area contributed by atoms with Gasteiger partial charge >= 0.3 is 0 Å². The van der Waals surface area contributed by atoms with Gasteiger partial charge in [-0.15, -0.1) is 0 Å². The van der Waals surface area contributed by atoms with Crippen molar-refractivity contribution in [2.45, 2.75) is 25.3 Å². The van der Waals surface area contributed by atoms with E-state index in [2.05, 4.69) is 10.6 Å². The summed E-state index contributed by atoms with van der Waals surface area (Å²) in [4.78, 5) is 11.7. The second-order valence-electron chi connectivity index (χ2n) is 4.60. The summed E-state index contributed by atoms with van der Waals surface area (Å²) >= 11 is 0. The fraction of sp³-hybridized carbons (Fsp3) is 0.500. The van der Waals surface area contributed by atoms with Crippen LogP contribution in [-0.4, -0.2) is 32.7 Å². The molecule has 1 aromatic carbocycles. The van der Waals surface area contributed by atoms with Crippen LogP contribution < -0.4 is 20.1 Å². The lowest BCUT2D eigenvalue weighted by Crippen LogP contribution is -2.23. The number of amides is 1. The van der Waals surface area contributed by atoms with Crippen LogP contribution in [0.1, 0.15) is 19.3 Å². The minimum absolute atomic E-state index is 0.000342. The smallest absolute Gasteiger partial charge is 0.225 e. The number of ether oxygens (including phenoxy) is 2. The third-order valence-corrected chi connectivity index (χ3v) is 3.03. The number of methoxy groups -OCH3 is 2. The SMILES string of the molecule is COc1ccc(NC(=O)CCNC2CC2)cc1OC. The van der Waals surface area contributed by atoms with Crippen molar-refractivity contribution in [3.63, 3.8) is 0 Å². The lowest BCUT2D eigenvalue weighted by molar-refractivity contribution is -0.116. The Labute approximate surface area is 113 Å². The van der Waals surface area contributed by atoms with Gasteiger partial charge in [0.15, 0.2) is 11.5 Å². The summed E-state index contributed by atoms with van der Waals surface area (Å²) in [6.45, 7) is 0.726. The first-order chi connectivity index (χ1) is 9.22. The first kappa shape index (κ1) is 13.7. The van der Waals surface area contributed by atoms with Crippen molar-refractivity contribution in [3.8, 4) is 11.5 Å². The number of hydrogen-bond donors (Lipinski definition) is 2. The summed E-state index contributed by atoms with van der Waals surface area (Å²) in [5, 5.41) is 6.16. The van der Waals surface area contributed by atoms with Gasteiger partial charge in [-0.2, -0.15) is 0 Å². The van der Waals surface area contributed by atoms with E-state index < -0.39 is 0 Å². The second-order valence-corrected chi connectivity index (χ2v) is 4.60. The van der Waals surface area contributed by atoms with Gasteiger partial charge in [-0.3, -0.25) is 4.79 Å². The van der Waals surface area contributed by atoms with Crippen LogP contribution in [0, 0.1) is 0 Å². The molecule has 0 bridgehead atoms. The van der Waals surface area contributed by atoms with Gasteiger partial charge in [-0.1, -0.05) is 0 Å². The molecule has 104 valence electrons. The highest BCUT2D eigenvalue weighted by Gasteiger charge is 2.20. The summed E-state index contributed by atoms with van der Waals surface area (Å²) < 4.78 is 10.3. The lowest BCUT2D eigenvalue weighted by Gasteiger charge is -2.10. The maximum atomic E-state index is 11.7. The fourth-order valence-corrected chi connectivity index (χ4v) is 1.81. The predicted molar refractivity (Wildman–Crippen MR) is 73.8 cm³/mol. The molecule has 0 aromatic heterocycles. The van der Waals surface area contributed by atoms with Crippen molar-refractivity contribution < 1.29 is 14.3 Å². The zero-order valence-electron chi connectivity index (χ0n) is 11.4. The Morgan fingerprint density at radius 2 is 2.00 bits per heavy atom. The molecule has 1 fully saturated rings. The molecule has 0 heterocycles. The Morgan fingerprint density at radius 3 is 2.63 bits per heavy atom. The average Bonchev–Trinajstić information content (AvgIpc) is 3.22. The van der Waals surface area contributed by atoms with Crippen LogP contribution in [-0.2, 0) is 4.79 Å². The molecule has 1 aliphatic carbocycles. The minimum Gasteiger partial charge on any atom is -0.493 e.